The zero-order valence-electron chi connectivity index (χ0n) is 13.9. The van der Waals surface area contributed by atoms with E-state index >= 15 is 0 Å². The molecule has 1 aromatic heterocycles. The van der Waals surface area contributed by atoms with E-state index in [-0.39, 0.29) is 23.2 Å². The van der Waals surface area contributed by atoms with Gasteiger partial charge >= 0.3 is 5.97 Å². The van der Waals surface area contributed by atoms with Crippen molar-refractivity contribution in [1.82, 2.24) is 14.9 Å². The largest absolute Gasteiger partial charge is 0.507 e. The van der Waals surface area contributed by atoms with Gasteiger partial charge in [-0.05, 0) is 19.1 Å². The first-order valence-electron chi connectivity index (χ1n) is 7.89. The smallest absolute Gasteiger partial charge is 0.326 e. The third kappa shape index (κ3) is 3.65. The van der Waals surface area contributed by atoms with Crippen LogP contribution in [0.4, 0.5) is 4.79 Å². The molecule has 1 atom stereocenters. The van der Waals surface area contributed by atoms with E-state index in [1.807, 2.05) is 18.2 Å². The van der Waals surface area contributed by atoms with Crippen molar-refractivity contribution in [2.24, 2.45) is 0 Å². The van der Waals surface area contributed by atoms with Crippen molar-refractivity contribution in [3.63, 3.8) is 0 Å². The van der Waals surface area contributed by atoms with Gasteiger partial charge in [0.2, 0.25) is 0 Å². The van der Waals surface area contributed by atoms with E-state index in [0.717, 1.165) is 17.3 Å². The summed E-state index contributed by atoms with van der Waals surface area (Å²) in [6.45, 7) is 1.75. The van der Waals surface area contributed by atoms with Crippen LogP contribution in [0.25, 0.3) is 16.6 Å². The van der Waals surface area contributed by atoms with E-state index < -0.39 is 17.8 Å². The summed E-state index contributed by atoms with van der Waals surface area (Å²) >= 11 is 1.15. The van der Waals surface area contributed by atoms with Crippen molar-refractivity contribution < 1.29 is 19.4 Å². The van der Waals surface area contributed by atoms with Gasteiger partial charge < -0.3 is 19.7 Å². The molecule has 2 N–H and O–H groups in total. The normalized spacial score (nSPS) is 16.3. The van der Waals surface area contributed by atoms with Crippen molar-refractivity contribution in [3.05, 3.63) is 35.8 Å². The number of hydrogen-bond donors (Lipinski definition) is 2. The van der Waals surface area contributed by atoms with Crippen molar-refractivity contribution in [1.29, 1.82) is 5.26 Å². The molecule has 9 heteroatoms. The number of fused-ring (bicyclic) bond motifs is 1. The predicted molar refractivity (Wildman–Crippen MR) is 96.2 cm³/mol. The lowest BCUT2D eigenvalue weighted by Gasteiger charge is -2.17. The number of esters is 1. The highest BCUT2D eigenvalue weighted by Crippen LogP contribution is 2.22. The lowest BCUT2D eigenvalue weighted by molar-refractivity contribution is -0.148. The Balaban J connectivity index is 1.75. The Bertz CT molecular complexity index is 897. The molecule has 26 heavy (non-hydrogen) atoms. The number of aromatic amines is 1. The number of allylic oxidation sites excluding steroid dienone is 1. The number of nitrogens with zero attached hydrogens (tertiary/aromatic N) is 3. The van der Waals surface area contributed by atoms with Crippen molar-refractivity contribution in [3.8, 4) is 6.07 Å². The van der Waals surface area contributed by atoms with Crippen molar-refractivity contribution >= 4 is 39.6 Å². The maximum Gasteiger partial charge on any atom is 0.326 e. The molecule has 2 aromatic rings. The van der Waals surface area contributed by atoms with Gasteiger partial charge in [0.15, 0.2) is 17.7 Å². The molecule has 0 bridgehead atoms. The fourth-order valence-corrected chi connectivity index (χ4v) is 3.35. The van der Waals surface area contributed by atoms with Gasteiger partial charge in [0.05, 0.1) is 11.0 Å². The number of nitriles is 1. The topological polar surface area (TPSA) is 119 Å². The summed E-state index contributed by atoms with van der Waals surface area (Å²) in [6.07, 6.45) is -1.05. The molecule has 1 aromatic carbocycles. The zero-order valence-corrected chi connectivity index (χ0v) is 14.7. The number of amides is 1. The number of benzene rings is 1. The van der Waals surface area contributed by atoms with Gasteiger partial charge in [-0.25, -0.2) is 4.98 Å². The third-order valence-electron chi connectivity index (χ3n) is 3.85. The summed E-state index contributed by atoms with van der Waals surface area (Å²) in [5, 5.41) is 19.6. The van der Waals surface area contributed by atoms with Crippen LogP contribution in [0.3, 0.4) is 0 Å². The minimum atomic E-state index is -1.05. The standard InChI is InChI=1S/C17H16N4O4S/c1-10(25-14(22)9-21-6-7-26-17(21)24)15(23)11(8-18)16-19-12-4-2-3-5-13(12)20-16/h2-5,10,23H,6-7,9H2,1H3,(H,19,20)/b15-11-/t10-/m1/s1. The number of thioether (sulfide) groups is 1. The summed E-state index contributed by atoms with van der Waals surface area (Å²) < 4.78 is 5.16. The summed E-state index contributed by atoms with van der Waals surface area (Å²) in [5.41, 5.74) is 1.27. The Labute approximate surface area is 153 Å². The quantitative estimate of drug-likeness (QED) is 0.470. The Morgan fingerprint density at radius 1 is 1.54 bits per heavy atom. The van der Waals surface area contributed by atoms with Crippen molar-refractivity contribution in [2.75, 3.05) is 18.8 Å². The van der Waals surface area contributed by atoms with Gasteiger partial charge in [-0.2, -0.15) is 5.26 Å². The number of aliphatic hydroxyl groups is 1. The average Bonchev–Trinajstić information content (AvgIpc) is 3.21. The van der Waals surface area contributed by atoms with E-state index in [2.05, 4.69) is 9.97 Å². The highest BCUT2D eigenvalue weighted by Gasteiger charge is 2.26. The zero-order chi connectivity index (χ0) is 18.7. The van der Waals surface area contributed by atoms with Crippen LogP contribution in [-0.4, -0.2) is 56.1 Å². The summed E-state index contributed by atoms with van der Waals surface area (Å²) in [6, 6.07) is 9.09. The molecule has 0 unspecified atom stereocenters. The third-order valence-corrected chi connectivity index (χ3v) is 4.74. The first kappa shape index (κ1) is 17.8. The van der Waals surface area contributed by atoms with Gasteiger partial charge in [-0.1, -0.05) is 23.9 Å². The monoisotopic (exact) mass is 372 g/mol. The molecule has 134 valence electrons. The maximum atomic E-state index is 12.0. The van der Waals surface area contributed by atoms with Gasteiger partial charge in [-0.15, -0.1) is 0 Å². The van der Waals surface area contributed by atoms with Crippen LogP contribution in [0, 0.1) is 11.3 Å². The number of ether oxygens (including phenoxy) is 1. The highest BCUT2D eigenvalue weighted by molar-refractivity contribution is 8.13. The van der Waals surface area contributed by atoms with Crippen molar-refractivity contribution in [2.45, 2.75) is 13.0 Å². The van der Waals surface area contributed by atoms with Crippen LogP contribution >= 0.6 is 11.8 Å². The molecule has 1 saturated heterocycles. The molecule has 1 aliphatic rings. The average molecular weight is 372 g/mol. The minimum Gasteiger partial charge on any atom is -0.507 e. The first-order valence-corrected chi connectivity index (χ1v) is 8.87. The number of aromatic nitrogens is 2. The lowest BCUT2D eigenvalue weighted by atomic mass is 10.2. The van der Waals surface area contributed by atoms with Gasteiger partial charge in [0.25, 0.3) is 5.24 Å². The predicted octanol–water partition coefficient (Wildman–Crippen LogP) is 2.46. The molecule has 1 amide bonds. The Hall–Kier alpha value is -2.99. The minimum absolute atomic E-state index is 0.102. The van der Waals surface area contributed by atoms with Crippen LogP contribution in [0.5, 0.6) is 0 Å². The van der Waals surface area contributed by atoms with Crippen LogP contribution in [0.15, 0.2) is 30.0 Å². The Kier molecular flexibility index (Phi) is 5.14. The van der Waals surface area contributed by atoms with Crippen LogP contribution < -0.4 is 0 Å². The molecule has 0 radical (unpaired) electrons. The fourth-order valence-electron chi connectivity index (χ4n) is 2.52. The van der Waals surface area contributed by atoms with E-state index in [1.54, 1.807) is 12.1 Å². The molecule has 3 rings (SSSR count). The van der Waals surface area contributed by atoms with Crippen LogP contribution in [0.2, 0.25) is 0 Å². The van der Waals surface area contributed by atoms with Gasteiger partial charge in [0.1, 0.15) is 18.2 Å². The molecular weight excluding hydrogens is 356 g/mol. The van der Waals surface area contributed by atoms with Gasteiger partial charge in [0, 0.05) is 12.3 Å². The van der Waals surface area contributed by atoms with Gasteiger partial charge in [-0.3, -0.25) is 9.59 Å². The summed E-state index contributed by atoms with van der Waals surface area (Å²) in [4.78, 5) is 32.1. The Morgan fingerprint density at radius 3 is 2.96 bits per heavy atom. The van der Waals surface area contributed by atoms with E-state index in [4.69, 9.17) is 4.74 Å². The molecule has 0 saturated carbocycles. The highest BCUT2D eigenvalue weighted by atomic mass is 32.2. The summed E-state index contributed by atoms with van der Waals surface area (Å²) in [5.74, 6) is -0.221. The molecule has 2 heterocycles. The number of hydrogen-bond acceptors (Lipinski definition) is 7. The number of nitrogens with one attached hydrogen (secondary N) is 1. The number of carbonyl (C=O) groups is 2. The van der Waals surface area contributed by atoms with Crippen LogP contribution in [-0.2, 0) is 9.53 Å². The van der Waals surface area contributed by atoms with Crippen LogP contribution in [0.1, 0.15) is 12.7 Å². The van der Waals surface area contributed by atoms with E-state index in [9.17, 15) is 20.0 Å². The first-order chi connectivity index (χ1) is 12.5. The molecule has 1 fully saturated rings. The number of imidazole rings is 1. The summed E-state index contributed by atoms with van der Waals surface area (Å²) in [7, 11) is 0. The number of carbonyl (C=O) groups excluding carboxylic acids is 2. The molecule has 1 aliphatic heterocycles. The second-order valence-electron chi connectivity index (χ2n) is 5.64. The molecule has 0 spiro atoms. The molecule has 8 nitrogen and oxygen atoms in total. The lowest BCUT2D eigenvalue weighted by Crippen LogP contribution is -2.33. The van der Waals surface area contributed by atoms with E-state index in [0.29, 0.717) is 17.8 Å². The number of aliphatic hydroxyl groups excluding tert-OH is 1. The molecular formula is C17H16N4O4S. The second-order valence-corrected chi connectivity index (χ2v) is 6.69. The number of para-hydroxylation sites is 2. The SMILES string of the molecule is C[C@@H](OC(=O)CN1CCSC1=O)/C(O)=C(\C#N)c1nc2ccccc2[nH]1. The molecule has 0 aliphatic carbocycles. The number of H-pyrrole nitrogens is 1. The Morgan fingerprint density at radius 2 is 2.31 bits per heavy atom. The second kappa shape index (κ2) is 7.49. The number of rotatable bonds is 5. The fraction of sp³-hybridized carbons (Fsp3) is 0.294. The maximum absolute atomic E-state index is 12.0. The van der Waals surface area contributed by atoms with E-state index in [1.165, 1.54) is 11.8 Å².